The maximum atomic E-state index is 11.3. The molecule has 0 radical (unpaired) electrons. The van der Waals surface area contributed by atoms with E-state index >= 15 is 0 Å². The molecule has 0 N–H and O–H groups in total. The Bertz CT molecular complexity index is 395. The Hall–Kier alpha value is -0.740. The fraction of sp³-hybridized carbons (Fsp3) is 0.125. The standard InChI is InChI=1S/C8H4BrClN2O/c9-5-1-4-7(2-6(5)10)11-3-12-8(4)13/h1-4H. The molecule has 0 saturated heterocycles. The summed E-state index contributed by atoms with van der Waals surface area (Å²) in [5, 5.41) is 0.554. The Kier molecular flexibility index (Phi) is 2.17. The number of halogens is 2. The largest absolute Gasteiger partial charge is 0.271 e. The van der Waals surface area contributed by atoms with Crippen LogP contribution < -0.4 is 0 Å². The molecular weight excluding hydrogens is 255 g/mol. The lowest BCUT2D eigenvalue weighted by Gasteiger charge is -2.17. The predicted molar refractivity (Wildman–Crippen MR) is 55.4 cm³/mol. The summed E-state index contributed by atoms with van der Waals surface area (Å²) in [6, 6.07) is 0. The Labute approximate surface area is 88.0 Å². The molecule has 1 amide bonds. The van der Waals surface area contributed by atoms with Gasteiger partial charge in [-0.3, -0.25) is 4.79 Å². The van der Waals surface area contributed by atoms with Gasteiger partial charge in [0, 0.05) is 4.48 Å². The smallest absolute Gasteiger partial charge is 0.260 e. The van der Waals surface area contributed by atoms with E-state index in [2.05, 4.69) is 25.9 Å². The van der Waals surface area contributed by atoms with Crippen molar-refractivity contribution in [3.05, 3.63) is 21.7 Å². The van der Waals surface area contributed by atoms with Crippen LogP contribution in [0.25, 0.3) is 0 Å². The van der Waals surface area contributed by atoms with Crippen molar-refractivity contribution in [1.29, 1.82) is 0 Å². The minimum absolute atomic E-state index is 0.206. The summed E-state index contributed by atoms with van der Waals surface area (Å²) in [6.45, 7) is 0. The van der Waals surface area contributed by atoms with Gasteiger partial charge in [-0.05, 0) is 22.0 Å². The van der Waals surface area contributed by atoms with E-state index < -0.39 is 0 Å². The van der Waals surface area contributed by atoms with Crippen LogP contribution in [0.1, 0.15) is 0 Å². The maximum absolute atomic E-state index is 11.3. The van der Waals surface area contributed by atoms with E-state index in [1.807, 2.05) is 0 Å². The number of carbonyl (C=O) groups excluding carboxylic acids is 1. The maximum Gasteiger partial charge on any atom is 0.260 e. The average Bonchev–Trinajstić information content (AvgIpc) is 2.09. The quantitative estimate of drug-likeness (QED) is 0.656. The molecule has 1 aliphatic heterocycles. The normalized spacial score (nSPS) is 26.2. The van der Waals surface area contributed by atoms with Gasteiger partial charge in [0.15, 0.2) is 0 Å². The first-order chi connectivity index (χ1) is 6.18. The number of hydrogen-bond acceptors (Lipinski definition) is 2. The van der Waals surface area contributed by atoms with Gasteiger partial charge >= 0.3 is 0 Å². The first-order valence-electron chi connectivity index (χ1n) is 3.57. The molecule has 13 heavy (non-hydrogen) atoms. The second kappa shape index (κ2) is 3.20. The Morgan fingerprint density at radius 3 is 3.08 bits per heavy atom. The lowest BCUT2D eigenvalue weighted by molar-refractivity contribution is -0.118. The van der Waals surface area contributed by atoms with Crippen LogP contribution >= 0.6 is 27.5 Å². The van der Waals surface area contributed by atoms with E-state index in [0.717, 1.165) is 0 Å². The van der Waals surface area contributed by atoms with E-state index in [4.69, 9.17) is 11.6 Å². The number of hydrogen-bond donors (Lipinski definition) is 0. The summed E-state index contributed by atoms with van der Waals surface area (Å²) < 4.78 is 0.712. The third-order valence-electron chi connectivity index (χ3n) is 1.79. The molecule has 2 aliphatic rings. The van der Waals surface area contributed by atoms with Crippen molar-refractivity contribution in [3.8, 4) is 0 Å². The van der Waals surface area contributed by atoms with E-state index in [1.165, 1.54) is 6.34 Å². The number of nitrogens with zero attached hydrogens (tertiary/aromatic N) is 2. The van der Waals surface area contributed by atoms with Crippen molar-refractivity contribution in [2.75, 3.05) is 0 Å². The molecule has 1 heterocycles. The van der Waals surface area contributed by atoms with Crippen molar-refractivity contribution < 1.29 is 4.79 Å². The van der Waals surface area contributed by atoms with Crippen molar-refractivity contribution in [3.63, 3.8) is 0 Å². The van der Waals surface area contributed by atoms with Crippen LogP contribution in [0.5, 0.6) is 0 Å². The summed E-state index contributed by atoms with van der Waals surface area (Å²) >= 11 is 9.09. The average molecular weight is 259 g/mol. The summed E-state index contributed by atoms with van der Waals surface area (Å²) in [5.74, 6) is -0.579. The summed E-state index contributed by atoms with van der Waals surface area (Å²) in [6.07, 6.45) is 4.63. The van der Waals surface area contributed by atoms with Crippen LogP contribution in [0.4, 0.5) is 0 Å². The first-order valence-corrected chi connectivity index (χ1v) is 4.74. The minimum atomic E-state index is -0.373. The van der Waals surface area contributed by atoms with E-state index in [9.17, 15) is 4.79 Å². The Morgan fingerprint density at radius 2 is 2.31 bits per heavy atom. The van der Waals surface area contributed by atoms with E-state index in [-0.39, 0.29) is 11.8 Å². The summed E-state index contributed by atoms with van der Waals surface area (Å²) in [7, 11) is 0. The molecule has 0 bridgehead atoms. The molecule has 1 unspecified atom stereocenters. The molecular formula is C8H4BrClN2O. The van der Waals surface area contributed by atoms with Gasteiger partial charge in [-0.2, -0.15) is 0 Å². The number of rotatable bonds is 0. The van der Waals surface area contributed by atoms with Crippen molar-refractivity contribution in [2.24, 2.45) is 15.9 Å². The second-order valence-electron chi connectivity index (χ2n) is 2.62. The van der Waals surface area contributed by atoms with Crippen molar-refractivity contribution in [1.82, 2.24) is 0 Å². The number of amides is 1. The van der Waals surface area contributed by atoms with E-state index in [0.29, 0.717) is 15.2 Å². The molecule has 1 atom stereocenters. The highest BCUT2D eigenvalue weighted by Crippen LogP contribution is 2.29. The molecule has 3 nitrogen and oxygen atoms in total. The highest BCUT2D eigenvalue weighted by atomic mass is 79.9. The van der Waals surface area contributed by atoms with Crippen molar-refractivity contribution in [2.45, 2.75) is 0 Å². The second-order valence-corrected chi connectivity index (χ2v) is 3.88. The van der Waals surface area contributed by atoms with Crippen LogP contribution in [0.15, 0.2) is 31.7 Å². The Morgan fingerprint density at radius 1 is 1.54 bits per heavy atom. The van der Waals surface area contributed by atoms with Gasteiger partial charge < -0.3 is 0 Å². The lowest BCUT2D eigenvalue weighted by atomic mass is 9.97. The van der Waals surface area contributed by atoms with Crippen LogP contribution in [-0.4, -0.2) is 18.0 Å². The molecule has 0 spiro atoms. The third-order valence-corrected chi connectivity index (χ3v) is 3.02. The first kappa shape index (κ1) is 8.84. The number of aliphatic imine (C=N–C) groups is 2. The molecule has 66 valence electrons. The van der Waals surface area contributed by atoms with Gasteiger partial charge in [-0.15, -0.1) is 0 Å². The van der Waals surface area contributed by atoms with Crippen LogP contribution in [-0.2, 0) is 4.79 Å². The zero-order valence-electron chi connectivity index (χ0n) is 6.37. The molecule has 0 aromatic carbocycles. The van der Waals surface area contributed by atoms with Gasteiger partial charge in [0.2, 0.25) is 0 Å². The fourth-order valence-corrected chi connectivity index (χ4v) is 1.70. The third kappa shape index (κ3) is 1.51. The number of carbonyl (C=O) groups is 1. The molecule has 0 fully saturated rings. The fourth-order valence-electron chi connectivity index (χ4n) is 1.15. The van der Waals surface area contributed by atoms with Crippen LogP contribution in [0.2, 0.25) is 0 Å². The zero-order valence-corrected chi connectivity index (χ0v) is 8.71. The molecule has 0 aromatic heterocycles. The minimum Gasteiger partial charge on any atom is -0.271 e. The van der Waals surface area contributed by atoms with Gasteiger partial charge in [0.25, 0.3) is 5.91 Å². The molecule has 0 saturated carbocycles. The molecule has 5 heteroatoms. The van der Waals surface area contributed by atoms with Gasteiger partial charge in [0.05, 0.1) is 10.7 Å². The predicted octanol–water partition coefficient (Wildman–Crippen LogP) is 2.03. The van der Waals surface area contributed by atoms with Gasteiger partial charge in [0.1, 0.15) is 12.3 Å². The SMILES string of the molecule is O=C1N=CN=C2C=C(Cl)C(Br)=CC12. The molecule has 1 aliphatic carbocycles. The molecule has 2 rings (SSSR count). The number of allylic oxidation sites excluding steroid dienone is 3. The monoisotopic (exact) mass is 258 g/mol. The lowest BCUT2D eigenvalue weighted by Crippen LogP contribution is -2.25. The van der Waals surface area contributed by atoms with Crippen LogP contribution in [0, 0.1) is 5.92 Å². The Balaban J connectivity index is 2.47. The number of fused-ring (bicyclic) bond motifs is 1. The van der Waals surface area contributed by atoms with Gasteiger partial charge in [-0.1, -0.05) is 17.7 Å². The topological polar surface area (TPSA) is 41.8 Å². The van der Waals surface area contributed by atoms with Crippen LogP contribution in [0.3, 0.4) is 0 Å². The van der Waals surface area contributed by atoms with Gasteiger partial charge in [-0.25, -0.2) is 9.98 Å². The zero-order chi connectivity index (χ0) is 9.42. The summed E-state index contributed by atoms with van der Waals surface area (Å²) in [5.41, 5.74) is 0.646. The van der Waals surface area contributed by atoms with E-state index in [1.54, 1.807) is 12.2 Å². The molecule has 0 aromatic rings. The highest BCUT2D eigenvalue weighted by Gasteiger charge is 2.26. The highest BCUT2D eigenvalue weighted by molar-refractivity contribution is 9.12. The summed E-state index contributed by atoms with van der Waals surface area (Å²) in [4.78, 5) is 18.8. The van der Waals surface area contributed by atoms with Crippen molar-refractivity contribution >= 4 is 45.5 Å².